The van der Waals surface area contributed by atoms with Crippen LogP contribution in [0.5, 0.6) is 0 Å². The first kappa shape index (κ1) is 10.0. The topological polar surface area (TPSA) is 15.3 Å². The van der Waals surface area contributed by atoms with Crippen LogP contribution in [0.3, 0.4) is 0 Å². The summed E-state index contributed by atoms with van der Waals surface area (Å²) in [5, 5.41) is 3.55. The third kappa shape index (κ3) is 2.73. The van der Waals surface area contributed by atoms with Crippen LogP contribution in [-0.4, -0.2) is 36.6 Å². The van der Waals surface area contributed by atoms with Crippen molar-refractivity contribution in [3.8, 4) is 12.3 Å². The Kier molecular flexibility index (Phi) is 3.44. The average molecular weight is 192 g/mol. The van der Waals surface area contributed by atoms with E-state index in [0.29, 0.717) is 0 Å². The van der Waals surface area contributed by atoms with Gasteiger partial charge in [0, 0.05) is 31.6 Å². The Balaban J connectivity index is 1.75. The summed E-state index contributed by atoms with van der Waals surface area (Å²) in [6, 6.07) is 1.58. The molecule has 0 aromatic heterocycles. The standard InChI is InChI=1S/C12H20N2/c1-2-3-9-14(12-6-7-12)10-11-5-4-8-13-11/h1,11-13H,3-10H2. The molecule has 1 saturated heterocycles. The fourth-order valence-electron chi connectivity index (χ4n) is 2.27. The van der Waals surface area contributed by atoms with E-state index in [1.54, 1.807) is 0 Å². The van der Waals surface area contributed by atoms with Crippen LogP contribution in [0, 0.1) is 12.3 Å². The number of hydrogen-bond donors (Lipinski definition) is 1. The van der Waals surface area contributed by atoms with E-state index in [2.05, 4.69) is 16.1 Å². The molecular formula is C12H20N2. The Morgan fingerprint density at radius 1 is 1.36 bits per heavy atom. The molecule has 0 radical (unpaired) electrons. The van der Waals surface area contributed by atoms with Gasteiger partial charge in [0.1, 0.15) is 0 Å². The summed E-state index contributed by atoms with van der Waals surface area (Å²) in [7, 11) is 0. The first-order valence-corrected chi connectivity index (χ1v) is 5.81. The van der Waals surface area contributed by atoms with Crippen molar-refractivity contribution in [1.29, 1.82) is 0 Å². The zero-order valence-electron chi connectivity index (χ0n) is 8.84. The lowest BCUT2D eigenvalue weighted by Crippen LogP contribution is -2.39. The first-order valence-electron chi connectivity index (χ1n) is 5.81. The molecule has 78 valence electrons. The second-order valence-electron chi connectivity index (χ2n) is 4.47. The molecule has 1 heterocycles. The van der Waals surface area contributed by atoms with Crippen LogP contribution in [0.4, 0.5) is 0 Å². The predicted octanol–water partition coefficient (Wildman–Crippen LogP) is 1.23. The van der Waals surface area contributed by atoms with Gasteiger partial charge >= 0.3 is 0 Å². The molecule has 1 N–H and O–H groups in total. The van der Waals surface area contributed by atoms with Gasteiger partial charge in [-0.05, 0) is 32.2 Å². The predicted molar refractivity (Wildman–Crippen MR) is 59.1 cm³/mol. The highest BCUT2D eigenvalue weighted by molar-refractivity contribution is 4.92. The highest BCUT2D eigenvalue weighted by atomic mass is 15.2. The Hall–Kier alpha value is -0.520. The van der Waals surface area contributed by atoms with Crippen LogP contribution in [0.15, 0.2) is 0 Å². The van der Waals surface area contributed by atoms with E-state index in [-0.39, 0.29) is 0 Å². The van der Waals surface area contributed by atoms with Crippen molar-refractivity contribution in [3.63, 3.8) is 0 Å². The molecule has 1 aliphatic carbocycles. The smallest absolute Gasteiger partial charge is 0.0214 e. The zero-order chi connectivity index (χ0) is 9.80. The SMILES string of the molecule is C#CCCN(CC1CCCN1)C1CC1. The normalized spacial score (nSPS) is 26.7. The highest BCUT2D eigenvalue weighted by Gasteiger charge is 2.30. The molecule has 2 rings (SSSR count). The Labute approximate surface area is 87.1 Å². The van der Waals surface area contributed by atoms with Crippen molar-refractivity contribution in [2.75, 3.05) is 19.6 Å². The molecule has 1 unspecified atom stereocenters. The molecule has 0 aromatic rings. The van der Waals surface area contributed by atoms with E-state index >= 15 is 0 Å². The molecule has 2 nitrogen and oxygen atoms in total. The summed E-state index contributed by atoms with van der Waals surface area (Å²) in [4.78, 5) is 2.59. The molecule has 1 saturated carbocycles. The van der Waals surface area contributed by atoms with Crippen molar-refractivity contribution < 1.29 is 0 Å². The fraction of sp³-hybridized carbons (Fsp3) is 0.833. The molecule has 0 aromatic carbocycles. The van der Waals surface area contributed by atoms with E-state index in [1.165, 1.54) is 38.8 Å². The van der Waals surface area contributed by atoms with Gasteiger partial charge in [0.2, 0.25) is 0 Å². The van der Waals surface area contributed by atoms with Gasteiger partial charge in [0.25, 0.3) is 0 Å². The average Bonchev–Trinajstić information content (AvgIpc) is 2.92. The summed E-state index contributed by atoms with van der Waals surface area (Å²) >= 11 is 0. The summed E-state index contributed by atoms with van der Waals surface area (Å²) in [5.41, 5.74) is 0. The zero-order valence-corrected chi connectivity index (χ0v) is 8.84. The Bertz CT molecular complexity index is 209. The number of nitrogens with zero attached hydrogens (tertiary/aromatic N) is 1. The summed E-state index contributed by atoms with van der Waals surface area (Å²) in [6.07, 6.45) is 11.7. The summed E-state index contributed by atoms with van der Waals surface area (Å²) in [5.74, 6) is 2.74. The van der Waals surface area contributed by atoms with E-state index in [1.807, 2.05) is 0 Å². The minimum atomic E-state index is 0.730. The van der Waals surface area contributed by atoms with Crippen LogP contribution in [0.1, 0.15) is 32.1 Å². The number of nitrogens with one attached hydrogen (secondary N) is 1. The molecule has 0 bridgehead atoms. The maximum atomic E-state index is 5.31. The van der Waals surface area contributed by atoms with Crippen LogP contribution in [0.2, 0.25) is 0 Å². The fourth-order valence-corrected chi connectivity index (χ4v) is 2.27. The largest absolute Gasteiger partial charge is 0.313 e. The van der Waals surface area contributed by atoms with Gasteiger partial charge in [-0.25, -0.2) is 0 Å². The second kappa shape index (κ2) is 4.82. The van der Waals surface area contributed by atoms with Crippen molar-refractivity contribution in [2.45, 2.75) is 44.2 Å². The molecule has 0 spiro atoms. The molecule has 1 aliphatic heterocycles. The lowest BCUT2D eigenvalue weighted by Gasteiger charge is -2.24. The molecular weight excluding hydrogens is 172 g/mol. The Morgan fingerprint density at radius 2 is 2.21 bits per heavy atom. The van der Waals surface area contributed by atoms with Gasteiger partial charge in [-0.2, -0.15) is 0 Å². The van der Waals surface area contributed by atoms with Gasteiger partial charge in [-0.15, -0.1) is 12.3 Å². The van der Waals surface area contributed by atoms with Crippen molar-refractivity contribution in [3.05, 3.63) is 0 Å². The van der Waals surface area contributed by atoms with Gasteiger partial charge in [-0.3, -0.25) is 4.90 Å². The van der Waals surface area contributed by atoms with Crippen LogP contribution < -0.4 is 5.32 Å². The minimum absolute atomic E-state index is 0.730. The molecule has 2 fully saturated rings. The molecule has 2 heteroatoms. The highest BCUT2D eigenvalue weighted by Crippen LogP contribution is 2.27. The van der Waals surface area contributed by atoms with Gasteiger partial charge in [0.15, 0.2) is 0 Å². The lowest BCUT2D eigenvalue weighted by atomic mass is 10.2. The molecule has 0 amide bonds. The molecule has 14 heavy (non-hydrogen) atoms. The van der Waals surface area contributed by atoms with E-state index < -0.39 is 0 Å². The lowest BCUT2D eigenvalue weighted by molar-refractivity contribution is 0.245. The maximum absolute atomic E-state index is 5.31. The minimum Gasteiger partial charge on any atom is -0.313 e. The van der Waals surface area contributed by atoms with E-state index in [0.717, 1.165) is 25.0 Å². The second-order valence-corrected chi connectivity index (χ2v) is 4.47. The number of terminal acetylenes is 1. The number of hydrogen-bond acceptors (Lipinski definition) is 2. The van der Waals surface area contributed by atoms with Crippen LogP contribution >= 0.6 is 0 Å². The molecule has 1 atom stereocenters. The van der Waals surface area contributed by atoms with Crippen LogP contribution in [0.25, 0.3) is 0 Å². The maximum Gasteiger partial charge on any atom is 0.0214 e. The van der Waals surface area contributed by atoms with Crippen LogP contribution in [-0.2, 0) is 0 Å². The van der Waals surface area contributed by atoms with Gasteiger partial charge in [0.05, 0.1) is 0 Å². The first-order chi connectivity index (χ1) is 6.90. The summed E-state index contributed by atoms with van der Waals surface area (Å²) < 4.78 is 0. The quantitative estimate of drug-likeness (QED) is 0.659. The summed E-state index contributed by atoms with van der Waals surface area (Å²) in [6.45, 7) is 3.52. The monoisotopic (exact) mass is 192 g/mol. The third-order valence-electron chi connectivity index (χ3n) is 3.22. The van der Waals surface area contributed by atoms with Gasteiger partial charge in [-0.1, -0.05) is 0 Å². The third-order valence-corrected chi connectivity index (χ3v) is 3.22. The van der Waals surface area contributed by atoms with E-state index in [9.17, 15) is 0 Å². The van der Waals surface area contributed by atoms with Gasteiger partial charge < -0.3 is 5.32 Å². The van der Waals surface area contributed by atoms with E-state index in [4.69, 9.17) is 6.42 Å². The van der Waals surface area contributed by atoms with Crippen molar-refractivity contribution in [2.24, 2.45) is 0 Å². The van der Waals surface area contributed by atoms with Crippen molar-refractivity contribution in [1.82, 2.24) is 10.2 Å². The van der Waals surface area contributed by atoms with Crippen molar-refractivity contribution >= 4 is 0 Å². The Morgan fingerprint density at radius 3 is 2.79 bits per heavy atom. The number of rotatable bonds is 5. The molecule has 2 aliphatic rings.